The lowest BCUT2D eigenvalue weighted by Crippen LogP contribution is -2.51. The van der Waals surface area contributed by atoms with Crippen LogP contribution in [0, 0.1) is 0 Å². The van der Waals surface area contributed by atoms with Crippen molar-refractivity contribution < 1.29 is 14.7 Å². The minimum Gasteiger partial charge on any atom is -0.479 e. The second-order valence-electron chi connectivity index (χ2n) is 4.94. The highest BCUT2D eigenvalue weighted by atomic mass is 32.1. The summed E-state index contributed by atoms with van der Waals surface area (Å²) in [7, 11) is 0. The van der Waals surface area contributed by atoms with Crippen LogP contribution in [0.4, 0.5) is 0 Å². The number of hydrogen-bond acceptors (Lipinski definition) is 4. The lowest BCUT2D eigenvalue weighted by molar-refractivity contribution is -0.152. The summed E-state index contributed by atoms with van der Waals surface area (Å²) in [6, 6.07) is 0.933. The smallest absolute Gasteiger partial charge is 0.331 e. The van der Waals surface area contributed by atoms with Crippen molar-refractivity contribution in [2.24, 2.45) is 5.73 Å². The monoisotopic (exact) mass is 266 g/mol. The molecule has 3 N–H and O–H groups in total. The molecule has 3 rings (SSSR count). The molecule has 1 aliphatic heterocycles. The van der Waals surface area contributed by atoms with Gasteiger partial charge in [-0.1, -0.05) is 0 Å². The minimum absolute atomic E-state index is 0.216. The van der Waals surface area contributed by atoms with E-state index in [1.165, 1.54) is 4.90 Å². The van der Waals surface area contributed by atoms with Gasteiger partial charge in [0.05, 0.1) is 5.54 Å². The molecule has 0 bridgehead atoms. The molecule has 1 amide bonds. The summed E-state index contributed by atoms with van der Waals surface area (Å²) < 4.78 is 0. The first kappa shape index (κ1) is 11.7. The molecular weight excluding hydrogens is 252 g/mol. The molecule has 0 aromatic carbocycles. The number of amides is 1. The zero-order chi connectivity index (χ0) is 12.9. The zero-order valence-corrected chi connectivity index (χ0v) is 10.6. The fraction of sp³-hybridized carbons (Fsp3) is 0.500. The molecule has 18 heavy (non-hydrogen) atoms. The number of carbonyl (C=O) groups excluding carboxylic acids is 1. The molecule has 1 aliphatic carbocycles. The number of hydrogen-bond donors (Lipinski definition) is 2. The lowest BCUT2D eigenvalue weighted by Gasteiger charge is -2.34. The van der Waals surface area contributed by atoms with Crippen LogP contribution in [0.5, 0.6) is 0 Å². The quantitative estimate of drug-likeness (QED) is 0.827. The normalized spacial score (nSPS) is 24.5. The van der Waals surface area contributed by atoms with Crippen molar-refractivity contribution in [2.75, 3.05) is 6.54 Å². The molecule has 1 aromatic heterocycles. The third-order valence-electron chi connectivity index (χ3n) is 3.68. The Morgan fingerprint density at radius 2 is 2.22 bits per heavy atom. The number of fused-ring (bicyclic) bond motifs is 1. The van der Waals surface area contributed by atoms with Gasteiger partial charge in [-0.15, -0.1) is 11.3 Å². The van der Waals surface area contributed by atoms with Gasteiger partial charge in [-0.3, -0.25) is 4.79 Å². The van der Waals surface area contributed by atoms with E-state index in [2.05, 4.69) is 0 Å². The molecule has 2 heterocycles. The summed E-state index contributed by atoms with van der Waals surface area (Å²) in [5.41, 5.74) is 5.84. The van der Waals surface area contributed by atoms with Crippen molar-refractivity contribution in [1.82, 2.24) is 4.90 Å². The number of carboxylic acid groups (broad SMARTS) is 1. The second kappa shape index (κ2) is 3.80. The van der Waals surface area contributed by atoms with Crippen molar-refractivity contribution in [3.05, 3.63) is 21.9 Å². The fourth-order valence-corrected chi connectivity index (χ4v) is 3.34. The van der Waals surface area contributed by atoms with Crippen LogP contribution >= 0.6 is 11.3 Å². The Balaban J connectivity index is 1.96. The number of carboxylic acids is 1. The minimum atomic E-state index is -0.980. The van der Waals surface area contributed by atoms with Gasteiger partial charge < -0.3 is 15.7 Å². The molecule has 1 fully saturated rings. The first-order valence-electron chi connectivity index (χ1n) is 5.92. The van der Waals surface area contributed by atoms with Crippen molar-refractivity contribution in [3.8, 4) is 0 Å². The van der Waals surface area contributed by atoms with Gasteiger partial charge in [-0.25, -0.2) is 4.79 Å². The Morgan fingerprint density at radius 3 is 2.83 bits per heavy atom. The molecule has 1 atom stereocenters. The molecule has 96 valence electrons. The Hall–Kier alpha value is -1.40. The molecule has 6 heteroatoms. The van der Waals surface area contributed by atoms with Crippen LogP contribution in [-0.4, -0.2) is 34.0 Å². The number of thiophene rings is 1. The van der Waals surface area contributed by atoms with Crippen LogP contribution < -0.4 is 5.73 Å². The Morgan fingerprint density at radius 1 is 1.50 bits per heavy atom. The zero-order valence-electron chi connectivity index (χ0n) is 9.76. The maximum absolute atomic E-state index is 12.3. The van der Waals surface area contributed by atoms with Crippen LogP contribution in [0.3, 0.4) is 0 Å². The molecular formula is C12H14N2O3S. The van der Waals surface area contributed by atoms with Gasteiger partial charge in [0.2, 0.25) is 5.91 Å². The highest BCUT2D eigenvalue weighted by Gasteiger charge is 2.51. The van der Waals surface area contributed by atoms with Gasteiger partial charge in [0.15, 0.2) is 6.04 Å². The van der Waals surface area contributed by atoms with E-state index in [4.69, 9.17) is 5.73 Å². The third kappa shape index (κ3) is 1.64. The average Bonchev–Trinajstić information content (AvgIpc) is 2.92. The molecule has 2 aliphatic rings. The number of carbonyl (C=O) groups is 2. The van der Waals surface area contributed by atoms with E-state index in [0.717, 1.165) is 16.9 Å². The second-order valence-corrected chi connectivity index (χ2v) is 5.95. The maximum atomic E-state index is 12.3. The Labute approximate surface area is 108 Å². The topological polar surface area (TPSA) is 83.6 Å². The highest BCUT2D eigenvalue weighted by Crippen LogP contribution is 2.40. The van der Waals surface area contributed by atoms with Crippen LogP contribution in [0.2, 0.25) is 0 Å². The van der Waals surface area contributed by atoms with Crippen molar-refractivity contribution in [2.45, 2.75) is 30.8 Å². The number of nitrogens with two attached hydrogens (primary N) is 1. The van der Waals surface area contributed by atoms with E-state index in [1.54, 1.807) is 17.4 Å². The first-order chi connectivity index (χ1) is 8.53. The van der Waals surface area contributed by atoms with E-state index in [-0.39, 0.29) is 5.91 Å². The van der Waals surface area contributed by atoms with E-state index < -0.39 is 17.6 Å². The van der Waals surface area contributed by atoms with Gasteiger partial charge in [0, 0.05) is 11.4 Å². The van der Waals surface area contributed by atoms with E-state index in [9.17, 15) is 14.7 Å². The molecule has 1 aromatic rings. The summed E-state index contributed by atoms with van der Waals surface area (Å²) in [6.45, 7) is 0.447. The van der Waals surface area contributed by atoms with Crippen molar-refractivity contribution >= 4 is 23.2 Å². The molecule has 0 radical (unpaired) electrons. The summed E-state index contributed by atoms with van der Waals surface area (Å²) in [5.74, 6) is -1.20. The maximum Gasteiger partial charge on any atom is 0.331 e. The molecule has 0 spiro atoms. The van der Waals surface area contributed by atoms with Gasteiger partial charge in [-0.05, 0) is 36.3 Å². The van der Waals surface area contributed by atoms with E-state index in [0.29, 0.717) is 19.4 Å². The molecule has 1 unspecified atom stereocenters. The SMILES string of the molecule is NC1(C(=O)N2CCc3sccc3C2C(=O)O)CC1. The van der Waals surface area contributed by atoms with Gasteiger partial charge in [0.25, 0.3) is 0 Å². The van der Waals surface area contributed by atoms with Crippen LogP contribution in [0.25, 0.3) is 0 Å². The summed E-state index contributed by atoms with van der Waals surface area (Å²) >= 11 is 1.55. The predicted molar refractivity (Wildman–Crippen MR) is 66.3 cm³/mol. The van der Waals surface area contributed by atoms with Crippen LogP contribution in [0.15, 0.2) is 11.4 Å². The summed E-state index contributed by atoms with van der Waals surface area (Å²) in [4.78, 5) is 26.2. The first-order valence-corrected chi connectivity index (χ1v) is 6.80. The summed E-state index contributed by atoms with van der Waals surface area (Å²) in [6.07, 6.45) is 2.04. The van der Waals surface area contributed by atoms with Crippen molar-refractivity contribution in [3.63, 3.8) is 0 Å². The molecule has 1 saturated carbocycles. The van der Waals surface area contributed by atoms with Gasteiger partial charge >= 0.3 is 5.97 Å². The number of nitrogens with zero attached hydrogens (tertiary/aromatic N) is 1. The standard InChI is InChI=1S/C12H14N2O3S/c13-12(3-4-12)11(17)14-5-1-8-7(2-6-18-8)9(14)10(15)16/h2,6,9H,1,3-5,13H2,(H,15,16). The predicted octanol–water partition coefficient (Wildman–Crippen LogP) is 0.750. The number of rotatable bonds is 2. The molecule has 0 saturated heterocycles. The van der Waals surface area contributed by atoms with Crippen molar-refractivity contribution in [1.29, 1.82) is 0 Å². The Kier molecular flexibility index (Phi) is 2.46. The van der Waals surface area contributed by atoms with Crippen LogP contribution in [0.1, 0.15) is 29.3 Å². The van der Waals surface area contributed by atoms with E-state index in [1.807, 2.05) is 5.38 Å². The van der Waals surface area contributed by atoms with Gasteiger partial charge in [-0.2, -0.15) is 0 Å². The largest absolute Gasteiger partial charge is 0.479 e. The van der Waals surface area contributed by atoms with E-state index >= 15 is 0 Å². The van der Waals surface area contributed by atoms with Crippen LogP contribution in [-0.2, 0) is 16.0 Å². The Bertz CT molecular complexity index is 521. The third-order valence-corrected chi connectivity index (χ3v) is 4.67. The fourth-order valence-electron chi connectivity index (χ4n) is 2.44. The average molecular weight is 266 g/mol. The lowest BCUT2D eigenvalue weighted by atomic mass is 9.98. The highest BCUT2D eigenvalue weighted by molar-refractivity contribution is 7.10. The summed E-state index contributed by atoms with van der Waals surface area (Å²) in [5, 5.41) is 11.3. The molecule has 5 nitrogen and oxygen atoms in total. The number of aliphatic carboxylic acids is 1. The van der Waals surface area contributed by atoms with Gasteiger partial charge in [0.1, 0.15) is 0 Å².